The van der Waals surface area contributed by atoms with Crippen LogP contribution in [0.5, 0.6) is 0 Å². The van der Waals surface area contributed by atoms with Crippen LogP contribution < -0.4 is 0 Å². The van der Waals surface area contributed by atoms with Crippen molar-refractivity contribution in [3.8, 4) is 6.07 Å². The fourth-order valence-electron chi connectivity index (χ4n) is 2.59. The predicted octanol–water partition coefficient (Wildman–Crippen LogP) is 2.65. The van der Waals surface area contributed by atoms with Gasteiger partial charge in [0.1, 0.15) is 6.61 Å². The highest BCUT2D eigenvalue weighted by atomic mass is 16.5. The molecule has 3 rings (SSSR count). The number of rotatable bonds is 3. The number of esters is 1. The Morgan fingerprint density at radius 2 is 2.19 bits per heavy atom. The van der Waals surface area contributed by atoms with Gasteiger partial charge in [0.25, 0.3) is 0 Å². The van der Waals surface area contributed by atoms with Gasteiger partial charge in [0.05, 0.1) is 22.6 Å². The highest BCUT2D eigenvalue weighted by molar-refractivity contribution is 6.02. The number of benzene rings is 1. The lowest BCUT2D eigenvalue weighted by Gasteiger charge is -2.29. The molecule has 0 amide bonds. The third kappa shape index (κ3) is 2.63. The number of carbonyl (C=O) groups is 1. The van der Waals surface area contributed by atoms with E-state index in [1.165, 1.54) is 0 Å². The topological polar surface area (TPSA) is 75.1 Å². The SMILES string of the molecule is N#CC1(COC(=O)c2cccc3cc[nH]c23)CCOCC1. The van der Waals surface area contributed by atoms with Crippen molar-refractivity contribution in [1.82, 2.24) is 4.98 Å². The summed E-state index contributed by atoms with van der Waals surface area (Å²) in [6, 6.07) is 9.67. The predicted molar refractivity (Wildman–Crippen MR) is 76.7 cm³/mol. The van der Waals surface area contributed by atoms with Crippen LogP contribution in [0.25, 0.3) is 10.9 Å². The van der Waals surface area contributed by atoms with Gasteiger partial charge in [0.15, 0.2) is 0 Å². The first-order valence-corrected chi connectivity index (χ1v) is 6.96. The molecule has 5 nitrogen and oxygen atoms in total. The third-order valence-electron chi connectivity index (χ3n) is 3.97. The van der Waals surface area contributed by atoms with E-state index in [0.717, 1.165) is 10.9 Å². The van der Waals surface area contributed by atoms with Gasteiger partial charge < -0.3 is 14.5 Å². The number of hydrogen-bond donors (Lipinski definition) is 1. The first kappa shape index (κ1) is 13.7. The van der Waals surface area contributed by atoms with Crippen LogP contribution in [0.2, 0.25) is 0 Å². The number of nitriles is 1. The van der Waals surface area contributed by atoms with Gasteiger partial charge in [-0.1, -0.05) is 12.1 Å². The van der Waals surface area contributed by atoms with E-state index < -0.39 is 11.4 Å². The van der Waals surface area contributed by atoms with Crippen LogP contribution in [0.15, 0.2) is 30.5 Å². The maximum Gasteiger partial charge on any atom is 0.340 e. The maximum absolute atomic E-state index is 12.3. The second kappa shape index (κ2) is 5.58. The van der Waals surface area contributed by atoms with Crippen molar-refractivity contribution in [2.75, 3.05) is 19.8 Å². The first-order valence-electron chi connectivity index (χ1n) is 6.96. The zero-order chi connectivity index (χ0) is 14.7. The second-order valence-electron chi connectivity index (χ2n) is 5.33. The Balaban J connectivity index is 1.75. The maximum atomic E-state index is 12.3. The average Bonchev–Trinajstić information content (AvgIpc) is 3.02. The normalized spacial score (nSPS) is 17.3. The number of aromatic nitrogens is 1. The van der Waals surface area contributed by atoms with Crippen LogP contribution in [-0.4, -0.2) is 30.8 Å². The second-order valence-corrected chi connectivity index (χ2v) is 5.33. The van der Waals surface area contributed by atoms with Crippen LogP contribution in [0.1, 0.15) is 23.2 Å². The lowest BCUT2D eigenvalue weighted by molar-refractivity contribution is -0.00457. The van der Waals surface area contributed by atoms with Gasteiger partial charge in [0.2, 0.25) is 0 Å². The molecule has 2 aromatic rings. The minimum Gasteiger partial charge on any atom is -0.460 e. The van der Waals surface area contributed by atoms with Gasteiger partial charge in [-0.15, -0.1) is 0 Å². The number of nitrogens with zero attached hydrogens (tertiary/aromatic N) is 1. The van der Waals surface area contributed by atoms with Gasteiger partial charge in [0, 0.05) is 24.8 Å². The first-order chi connectivity index (χ1) is 10.2. The van der Waals surface area contributed by atoms with E-state index in [-0.39, 0.29) is 6.61 Å². The Bertz CT molecular complexity index is 693. The average molecular weight is 284 g/mol. The summed E-state index contributed by atoms with van der Waals surface area (Å²) >= 11 is 0. The van der Waals surface area contributed by atoms with Crippen LogP contribution >= 0.6 is 0 Å². The standard InChI is InChI=1S/C16H16N2O3/c17-10-16(5-8-20-9-6-16)11-21-15(19)13-3-1-2-12-4-7-18-14(12)13/h1-4,7,18H,5-6,8-9,11H2. The lowest BCUT2D eigenvalue weighted by Crippen LogP contribution is -2.33. The highest BCUT2D eigenvalue weighted by Gasteiger charge is 2.34. The molecule has 2 heterocycles. The van der Waals surface area contributed by atoms with Crippen LogP contribution in [0, 0.1) is 16.7 Å². The monoisotopic (exact) mass is 284 g/mol. The van der Waals surface area contributed by atoms with Gasteiger partial charge in [-0.2, -0.15) is 5.26 Å². The Kier molecular flexibility index (Phi) is 3.63. The number of nitrogens with one attached hydrogen (secondary N) is 1. The molecule has 1 fully saturated rings. The number of para-hydroxylation sites is 1. The summed E-state index contributed by atoms with van der Waals surface area (Å²) in [6.45, 7) is 1.19. The molecule has 1 aliphatic heterocycles. The molecule has 1 aromatic carbocycles. The summed E-state index contributed by atoms with van der Waals surface area (Å²) in [5, 5.41) is 10.3. The molecule has 1 saturated heterocycles. The molecule has 0 radical (unpaired) electrons. The number of hydrogen-bond acceptors (Lipinski definition) is 4. The molecular formula is C16H16N2O3. The van der Waals surface area contributed by atoms with Crippen molar-refractivity contribution < 1.29 is 14.3 Å². The van der Waals surface area contributed by atoms with Crippen molar-refractivity contribution in [3.63, 3.8) is 0 Å². The summed E-state index contributed by atoms with van der Waals surface area (Å²) in [5.74, 6) is -0.399. The van der Waals surface area contributed by atoms with Crippen molar-refractivity contribution in [2.45, 2.75) is 12.8 Å². The van der Waals surface area contributed by atoms with E-state index in [1.807, 2.05) is 18.2 Å². The largest absolute Gasteiger partial charge is 0.460 e. The molecule has 1 N–H and O–H groups in total. The van der Waals surface area contributed by atoms with Crippen molar-refractivity contribution in [3.05, 3.63) is 36.0 Å². The molecule has 0 spiro atoms. The van der Waals surface area contributed by atoms with E-state index in [0.29, 0.717) is 31.6 Å². The summed E-state index contributed by atoms with van der Waals surface area (Å²) in [6.07, 6.45) is 2.99. The lowest BCUT2D eigenvalue weighted by atomic mass is 9.83. The molecule has 0 bridgehead atoms. The summed E-state index contributed by atoms with van der Waals surface area (Å²) in [7, 11) is 0. The molecule has 0 aliphatic carbocycles. The van der Waals surface area contributed by atoms with Gasteiger partial charge in [-0.05, 0) is 25.0 Å². The number of ether oxygens (including phenoxy) is 2. The van der Waals surface area contributed by atoms with Crippen LogP contribution in [0.4, 0.5) is 0 Å². The zero-order valence-electron chi connectivity index (χ0n) is 11.6. The third-order valence-corrected chi connectivity index (χ3v) is 3.97. The fraction of sp³-hybridized carbons (Fsp3) is 0.375. The Hall–Kier alpha value is -2.32. The van der Waals surface area contributed by atoms with Crippen molar-refractivity contribution >= 4 is 16.9 Å². The number of carbonyl (C=O) groups excluding carboxylic acids is 1. The van der Waals surface area contributed by atoms with Gasteiger partial charge in [-0.3, -0.25) is 0 Å². The Morgan fingerprint density at radius 3 is 2.95 bits per heavy atom. The molecule has 1 aromatic heterocycles. The Labute approximate surface area is 122 Å². The molecule has 0 saturated carbocycles. The molecule has 5 heteroatoms. The fourth-order valence-corrected chi connectivity index (χ4v) is 2.59. The summed E-state index contributed by atoms with van der Waals surface area (Å²) in [4.78, 5) is 15.3. The van der Waals surface area contributed by atoms with E-state index in [1.54, 1.807) is 12.3 Å². The summed E-state index contributed by atoms with van der Waals surface area (Å²) < 4.78 is 10.7. The number of H-pyrrole nitrogens is 1. The van der Waals surface area contributed by atoms with Crippen molar-refractivity contribution in [1.29, 1.82) is 5.26 Å². The quantitative estimate of drug-likeness (QED) is 0.879. The number of aromatic amines is 1. The minimum absolute atomic E-state index is 0.114. The van der Waals surface area contributed by atoms with Crippen molar-refractivity contribution in [2.24, 2.45) is 5.41 Å². The van der Waals surface area contributed by atoms with E-state index >= 15 is 0 Å². The van der Waals surface area contributed by atoms with Gasteiger partial charge >= 0.3 is 5.97 Å². The molecule has 108 valence electrons. The van der Waals surface area contributed by atoms with E-state index in [4.69, 9.17) is 9.47 Å². The number of fused-ring (bicyclic) bond motifs is 1. The van der Waals surface area contributed by atoms with Crippen LogP contribution in [-0.2, 0) is 9.47 Å². The van der Waals surface area contributed by atoms with Crippen LogP contribution in [0.3, 0.4) is 0 Å². The Morgan fingerprint density at radius 1 is 1.38 bits per heavy atom. The minimum atomic E-state index is -0.614. The smallest absolute Gasteiger partial charge is 0.340 e. The molecule has 21 heavy (non-hydrogen) atoms. The highest BCUT2D eigenvalue weighted by Crippen LogP contribution is 2.30. The molecule has 0 unspecified atom stereocenters. The van der Waals surface area contributed by atoms with E-state index in [9.17, 15) is 10.1 Å². The van der Waals surface area contributed by atoms with E-state index in [2.05, 4.69) is 11.1 Å². The zero-order valence-corrected chi connectivity index (χ0v) is 11.6. The molecular weight excluding hydrogens is 268 g/mol. The molecule has 1 aliphatic rings. The molecule has 0 atom stereocenters. The summed E-state index contributed by atoms with van der Waals surface area (Å²) in [5.41, 5.74) is 0.649. The van der Waals surface area contributed by atoms with Gasteiger partial charge in [-0.25, -0.2) is 4.79 Å².